The second-order valence-corrected chi connectivity index (χ2v) is 6.25. The monoisotopic (exact) mass is 370 g/mol. The zero-order valence-electron chi connectivity index (χ0n) is 16.9. The Morgan fingerprint density at radius 1 is 1.41 bits per heavy atom. The number of ether oxygens (including phenoxy) is 2. The number of anilines is 1. The highest BCUT2D eigenvalue weighted by Crippen LogP contribution is 2.30. The normalized spacial score (nSPS) is 17.1. The molecule has 146 valence electrons. The third kappa shape index (κ3) is 5.06. The molecule has 0 amide bonds. The van der Waals surface area contributed by atoms with Gasteiger partial charge in [0.05, 0.1) is 19.4 Å². The van der Waals surface area contributed by atoms with Gasteiger partial charge in [0.25, 0.3) is 0 Å². The summed E-state index contributed by atoms with van der Waals surface area (Å²) in [5.41, 5.74) is 1.84. The number of hydrogen-bond acceptors (Lipinski definition) is 5. The van der Waals surface area contributed by atoms with Gasteiger partial charge in [-0.1, -0.05) is 26.0 Å². The number of aliphatic imine (C=N–C) groups is 1. The zero-order chi connectivity index (χ0) is 19.8. The molecule has 2 rings (SSSR count). The minimum Gasteiger partial charge on any atom is -0.495 e. The molecule has 0 spiro atoms. The Morgan fingerprint density at radius 3 is 2.81 bits per heavy atom. The van der Waals surface area contributed by atoms with Gasteiger partial charge in [-0.15, -0.1) is 0 Å². The average molecular weight is 370 g/mol. The Labute approximate surface area is 162 Å². The van der Waals surface area contributed by atoms with E-state index >= 15 is 0 Å². The predicted octanol–water partition coefficient (Wildman–Crippen LogP) is 4.11. The van der Waals surface area contributed by atoms with Gasteiger partial charge in [-0.05, 0) is 31.1 Å². The van der Waals surface area contributed by atoms with Gasteiger partial charge in [0.2, 0.25) is 0 Å². The summed E-state index contributed by atoms with van der Waals surface area (Å²) < 4.78 is 11.3. The summed E-state index contributed by atoms with van der Waals surface area (Å²) in [7, 11) is 5.39. The Bertz CT molecular complexity index is 765. The smallest absolute Gasteiger partial charge is 0.142 e. The van der Waals surface area contributed by atoms with E-state index in [4.69, 9.17) is 9.47 Å². The number of amidine groups is 1. The van der Waals surface area contributed by atoms with Gasteiger partial charge in [-0.2, -0.15) is 0 Å². The van der Waals surface area contributed by atoms with Crippen molar-refractivity contribution in [2.24, 2.45) is 4.99 Å². The van der Waals surface area contributed by atoms with Crippen LogP contribution in [-0.4, -0.2) is 38.5 Å². The van der Waals surface area contributed by atoms with Gasteiger partial charge in [0.15, 0.2) is 0 Å². The van der Waals surface area contributed by atoms with Gasteiger partial charge in [0, 0.05) is 26.2 Å². The van der Waals surface area contributed by atoms with Gasteiger partial charge in [-0.3, -0.25) is 4.99 Å². The van der Waals surface area contributed by atoms with Crippen molar-refractivity contribution in [1.82, 2.24) is 10.2 Å². The van der Waals surface area contributed by atoms with Crippen LogP contribution in [0.5, 0.6) is 11.5 Å². The highest BCUT2D eigenvalue weighted by molar-refractivity contribution is 5.96. The van der Waals surface area contributed by atoms with E-state index in [0.29, 0.717) is 6.61 Å². The molecular weight excluding hydrogens is 340 g/mol. The lowest BCUT2D eigenvalue weighted by Gasteiger charge is -2.31. The van der Waals surface area contributed by atoms with E-state index < -0.39 is 0 Å². The number of nitrogens with one attached hydrogen (secondary N) is 2. The molecule has 0 aliphatic carbocycles. The molecular formula is C21H30N4O2. The zero-order valence-corrected chi connectivity index (χ0v) is 16.9. The SMILES string of the molecule is C=C/C(C)=C1/NC(Nc2cc(OCCCC)ccc2OC)=CC(=NC)N1C. The number of likely N-dealkylation sites (N-methyl/N-ethyl adjacent to an activating group) is 1. The fourth-order valence-corrected chi connectivity index (χ4v) is 2.68. The number of rotatable bonds is 8. The maximum atomic E-state index is 5.82. The number of hydrogen-bond donors (Lipinski definition) is 2. The molecule has 6 heteroatoms. The van der Waals surface area contributed by atoms with Crippen molar-refractivity contribution in [1.29, 1.82) is 0 Å². The molecule has 1 aromatic rings. The standard InChI is InChI=1S/C21H30N4O2/c1-7-9-12-27-16-10-11-18(26-6)17(13-16)23-19-14-20(22-4)25(5)21(24-19)15(3)8-2/h8,10-11,13-14,23-24H,2,7,9,12H2,1,3-6H3/b21-15-,22-20?. The predicted molar refractivity (Wildman–Crippen MR) is 112 cm³/mol. The number of allylic oxidation sites excluding steroid dienone is 2. The van der Waals surface area contributed by atoms with Crippen LogP contribution in [0, 0.1) is 0 Å². The molecule has 1 heterocycles. The molecule has 2 N–H and O–H groups in total. The van der Waals surface area contributed by atoms with Crippen molar-refractivity contribution >= 4 is 11.5 Å². The van der Waals surface area contributed by atoms with Crippen LogP contribution in [0.4, 0.5) is 5.69 Å². The van der Waals surface area contributed by atoms with Gasteiger partial charge in [-0.25, -0.2) is 0 Å². The van der Waals surface area contributed by atoms with Gasteiger partial charge in [0.1, 0.15) is 29.0 Å². The second-order valence-electron chi connectivity index (χ2n) is 6.25. The first kappa shape index (κ1) is 20.4. The van der Waals surface area contributed by atoms with E-state index in [1.807, 2.05) is 49.2 Å². The molecule has 0 aromatic heterocycles. The van der Waals surface area contributed by atoms with Gasteiger partial charge >= 0.3 is 0 Å². The molecule has 1 aliphatic rings. The lowest BCUT2D eigenvalue weighted by atomic mass is 10.2. The van der Waals surface area contributed by atoms with Crippen molar-refractivity contribution in [2.45, 2.75) is 26.7 Å². The molecule has 1 aromatic carbocycles. The van der Waals surface area contributed by atoms with Crippen molar-refractivity contribution < 1.29 is 9.47 Å². The first-order chi connectivity index (χ1) is 13.0. The number of benzene rings is 1. The van der Waals surface area contributed by atoms with Crippen LogP contribution in [0.1, 0.15) is 26.7 Å². The molecule has 0 fully saturated rings. The van der Waals surface area contributed by atoms with E-state index in [-0.39, 0.29) is 0 Å². The molecule has 0 unspecified atom stereocenters. The minimum atomic E-state index is 0.700. The summed E-state index contributed by atoms with van der Waals surface area (Å²) in [4.78, 5) is 6.35. The largest absolute Gasteiger partial charge is 0.495 e. The highest BCUT2D eigenvalue weighted by atomic mass is 16.5. The molecule has 0 atom stereocenters. The van der Waals surface area contributed by atoms with Crippen LogP contribution in [-0.2, 0) is 0 Å². The van der Waals surface area contributed by atoms with Gasteiger partial charge < -0.3 is 25.0 Å². The molecule has 27 heavy (non-hydrogen) atoms. The van der Waals surface area contributed by atoms with Crippen LogP contribution < -0.4 is 20.1 Å². The lowest BCUT2D eigenvalue weighted by molar-refractivity contribution is 0.309. The Kier molecular flexibility index (Phi) is 7.34. The molecule has 0 saturated heterocycles. The second kappa shape index (κ2) is 9.71. The number of unbranched alkanes of at least 4 members (excludes halogenated alkanes) is 1. The van der Waals surface area contributed by atoms with E-state index in [1.54, 1.807) is 14.2 Å². The number of nitrogens with zero attached hydrogens (tertiary/aromatic N) is 2. The number of methoxy groups -OCH3 is 1. The van der Waals surface area contributed by atoms with Crippen molar-refractivity contribution in [2.75, 3.05) is 33.1 Å². The minimum absolute atomic E-state index is 0.700. The summed E-state index contributed by atoms with van der Waals surface area (Å²) in [5, 5.41) is 6.79. The first-order valence-corrected chi connectivity index (χ1v) is 9.14. The summed E-state index contributed by atoms with van der Waals surface area (Å²) in [6.45, 7) is 8.71. The topological polar surface area (TPSA) is 58.1 Å². The van der Waals surface area contributed by atoms with Crippen molar-refractivity contribution in [3.8, 4) is 11.5 Å². The summed E-state index contributed by atoms with van der Waals surface area (Å²) >= 11 is 0. The van der Waals surface area contributed by atoms with Crippen LogP contribution in [0.2, 0.25) is 0 Å². The van der Waals surface area contributed by atoms with Crippen LogP contribution in [0.3, 0.4) is 0 Å². The third-order valence-electron chi connectivity index (χ3n) is 4.32. The third-order valence-corrected chi connectivity index (χ3v) is 4.32. The maximum absolute atomic E-state index is 5.82. The Hall–Kier alpha value is -2.89. The average Bonchev–Trinajstić information content (AvgIpc) is 2.69. The van der Waals surface area contributed by atoms with Crippen molar-refractivity contribution in [3.63, 3.8) is 0 Å². The molecule has 0 radical (unpaired) electrons. The fraction of sp³-hybridized carbons (Fsp3) is 0.381. The van der Waals surface area contributed by atoms with Crippen LogP contribution >= 0.6 is 0 Å². The maximum Gasteiger partial charge on any atom is 0.142 e. The van der Waals surface area contributed by atoms with Crippen LogP contribution in [0.25, 0.3) is 0 Å². The fourth-order valence-electron chi connectivity index (χ4n) is 2.68. The molecule has 0 bridgehead atoms. The summed E-state index contributed by atoms with van der Waals surface area (Å²) in [6, 6.07) is 5.77. The molecule has 6 nitrogen and oxygen atoms in total. The van der Waals surface area contributed by atoms with Crippen molar-refractivity contribution in [3.05, 3.63) is 54.1 Å². The molecule has 1 aliphatic heterocycles. The summed E-state index contributed by atoms with van der Waals surface area (Å²) in [6.07, 6.45) is 5.89. The Morgan fingerprint density at radius 2 is 2.19 bits per heavy atom. The lowest BCUT2D eigenvalue weighted by Crippen LogP contribution is -2.40. The first-order valence-electron chi connectivity index (χ1n) is 9.14. The van der Waals surface area contributed by atoms with Crippen LogP contribution in [0.15, 0.2) is 59.1 Å². The quantitative estimate of drug-likeness (QED) is 0.675. The Balaban J connectivity index is 2.31. The molecule has 0 saturated carbocycles. The van der Waals surface area contributed by atoms with E-state index in [2.05, 4.69) is 29.1 Å². The van der Waals surface area contributed by atoms with E-state index in [1.165, 1.54) is 0 Å². The van der Waals surface area contributed by atoms with E-state index in [9.17, 15) is 0 Å². The highest BCUT2D eigenvalue weighted by Gasteiger charge is 2.20. The summed E-state index contributed by atoms with van der Waals surface area (Å²) in [5.74, 6) is 4.10. The van der Waals surface area contributed by atoms with E-state index in [0.717, 1.165) is 53.1 Å².